The summed E-state index contributed by atoms with van der Waals surface area (Å²) in [7, 11) is 0. The van der Waals surface area contributed by atoms with Crippen molar-refractivity contribution >= 4 is 0 Å². The smallest absolute Gasteiger partial charge is 0.0852 e. The maximum atomic E-state index is 5.31. The summed E-state index contributed by atoms with van der Waals surface area (Å²) >= 11 is 0. The van der Waals surface area contributed by atoms with E-state index in [1.54, 1.807) is 0 Å². The van der Waals surface area contributed by atoms with Gasteiger partial charge in [0.1, 0.15) is 0 Å². The van der Waals surface area contributed by atoms with Crippen LogP contribution < -0.4 is 0 Å². The third kappa shape index (κ3) is 1.95. The van der Waals surface area contributed by atoms with Crippen LogP contribution in [0.2, 0.25) is 0 Å². The summed E-state index contributed by atoms with van der Waals surface area (Å²) in [6.07, 6.45) is 4.18. The van der Waals surface area contributed by atoms with Gasteiger partial charge < -0.3 is 4.74 Å². The second kappa shape index (κ2) is 4.09. The first kappa shape index (κ1) is 9.65. The lowest BCUT2D eigenvalue weighted by atomic mass is 10.1. The Morgan fingerprint density at radius 2 is 2.14 bits per heavy atom. The minimum atomic E-state index is 0.462. The molecule has 1 aromatic heterocycles. The summed E-state index contributed by atoms with van der Waals surface area (Å²) in [6.45, 7) is 5.97. The van der Waals surface area contributed by atoms with Crippen LogP contribution in [0.15, 0.2) is 6.20 Å². The summed E-state index contributed by atoms with van der Waals surface area (Å²) in [5, 5.41) is 8.34. The zero-order valence-corrected chi connectivity index (χ0v) is 8.81. The molecule has 0 unspecified atom stereocenters. The Morgan fingerprint density at radius 3 is 2.71 bits per heavy atom. The van der Waals surface area contributed by atoms with Gasteiger partial charge in [0, 0.05) is 19.4 Å². The molecule has 1 aliphatic heterocycles. The number of hydrogen-bond acceptors (Lipinski definition) is 3. The van der Waals surface area contributed by atoms with Crippen LogP contribution in [0.3, 0.4) is 0 Å². The predicted molar refractivity (Wildman–Crippen MR) is 53.2 cm³/mol. The zero-order chi connectivity index (χ0) is 9.97. The number of rotatable bonds is 2. The first-order valence-electron chi connectivity index (χ1n) is 5.27. The number of aromatic nitrogens is 3. The van der Waals surface area contributed by atoms with Crippen molar-refractivity contribution in [2.45, 2.75) is 38.6 Å². The van der Waals surface area contributed by atoms with Crippen LogP contribution in [0, 0.1) is 0 Å². The molecule has 4 heteroatoms. The lowest BCUT2D eigenvalue weighted by molar-refractivity contribution is 0.0657. The van der Waals surface area contributed by atoms with Crippen LogP contribution in [-0.2, 0) is 4.74 Å². The Morgan fingerprint density at radius 1 is 1.43 bits per heavy atom. The van der Waals surface area contributed by atoms with Gasteiger partial charge in [-0.1, -0.05) is 19.1 Å². The fourth-order valence-electron chi connectivity index (χ4n) is 1.68. The van der Waals surface area contributed by atoms with E-state index < -0.39 is 0 Å². The molecule has 0 saturated carbocycles. The molecule has 1 saturated heterocycles. The molecular weight excluding hydrogens is 178 g/mol. The van der Waals surface area contributed by atoms with Gasteiger partial charge in [-0.05, 0) is 18.8 Å². The summed E-state index contributed by atoms with van der Waals surface area (Å²) in [4.78, 5) is 0. The van der Waals surface area contributed by atoms with Gasteiger partial charge in [0.05, 0.1) is 11.7 Å². The van der Waals surface area contributed by atoms with Gasteiger partial charge in [-0.2, -0.15) is 0 Å². The summed E-state index contributed by atoms with van der Waals surface area (Å²) in [6, 6.07) is 0.490. The highest BCUT2D eigenvalue weighted by molar-refractivity contribution is 4.99. The van der Waals surface area contributed by atoms with Gasteiger partial charge in [-0.15, -0.1) is 5.10 Å². The van der Waals surface area contributed by atoms with Crippen molar-refractivity contribution in [2.24, 2.45) is 0 Å². The summed E-state index contributed by atoms with van der Waals surface area (Å²) in [5.74, 6) is 0.462. The third-order valence-electron chi connectivity index (χ3n) is 2.68. The van der Waals surface area contributed by atoms with Gasteiger partial charge in [0.15, 0.2) is 0 Å². The van der Waals surface area contributed by atoms with Crippen molar-refractivity contribution in [3.8, 4) is 0 Å². The van der Waals surface area contributed by atoms with Gasteiger partial charge in [-0.25, -0.2) is 4.68 Å². The van der Waals surface area contributed by atoms with Crippen LogP contribution in [0.1, 0.15) is 44.3 Å². The molecule has 1 aromatic rings. The average molecular weight is 195 g/mol. The molecule has 78 valence electrons. The third-order valence-corrected chi connectivity index (χ3v) is 2.68. The second-order valence-corrected chi connectivity index (χ2v) is 4.12. The summed E-state index contributed by atoms with van der Waals surface area (Å²) < 4.78 is 7.31. The molecule has 0 radical (unpaired) electrons. The van der Waals surface area contributed by atoms with Crippen LogP contribution in [0.4, 0.5) is 0 Å². The fraction of sp³-hybridized carbons (Fsp3) is 0.800. The molecule has 2 heterocycles. The highest BCUT2D eigenvalue weighted by Gasteiger charge is 2.17. The Kier molecular flexibility index (Phi) is 2.82. The Balaban J connectivity index is 2.07. The molecule has 0 bridgehead atoms. The average Bonchev–Trinajstić information content (AvgIpc) is 2.68. The van der Waals surface area contributed by atoms with Gasteiger partial charge in [0.25, 0.3) is 0 Å². The molecule has 4 nitrogen and oxygen atoms in total. The Hall–Kier alpha value is -0.900. The topological polar surface area (TPSA) is 39.9 Å². The van der Waals surface area contributed by atoms with Crippen molar-refractivity contribution in [1.29, 1.82) is 0 Å². The number of nitrogens with zero attached hydrogens (tertiary/aromatic N) is 3. The predicted octanol–water partition coefficient (Wildman–Crippen LogP) is 1.75. The number of hydrogen-bond donors (Lipinski definition) is 0. The molecule has 1 fully saturated rings. The van der Waals surface area contributed by atoms with Gasteiger partial charge in [-0.3, -0.25) is 0 Å². The lowest BCUT2D eigenvalue weighted by Gasteiger charge is -2.21. The minimum absolute atomic E-state index is 0.462. The maximum absolute atomic E-state index is 5.31. The van der Waals surface area contributed by atoms with E-state index in [0.29, 0.717) is 12.0 Å². The zero-order valence-electron chi connectivity index (χ0n) is 8.81. The molecule has 0 amide bonds. The Labute approximate surface area is 84.3 Å². The van der Waals surface area contributed by atoms with E-state index in [4.69, 9.17) is 4.74 Å². The first-order valence-corrected chi connectivity index (χ1v) is 5.27. The molecule has 0 aromatic carbocycles. The Bertz CT molecular complexity index is 289. The summed E-state index contributed by atoms with van der Waals surface area (Å²) in [5.41, 5.74) is 1.08. The van der Waals surface area contributed by atoms with E-state index in [1.807, 2.05) is 4.68 Å². The quantitative estimate of drug-likeness (QED) is 0.721. The van der Waals surface area contributed by atoms with Crippen molar-refractivity contribution < 1.29 is 4.74 Å². The van der Waals surface area contributed by atoms with E-state index in [1.165, 1.54) is 0 Å². The molecule has 0 aliphatic carbocycles. The van der Waals surface area contributed by atoms with Crippen molar-refractivity contribution in [1.82, 2.24) is 15.0 Å². The highest BCUT2D eigenvalue weighted by Crippen LogP contribution is 2.20. The first-order chi connectivity index (χ1) is 6.77. The normalized spacial score (nSPS) is 19.1. The highest BCUT2D eigenvalue weighted by atomic mass is 16.5. The van der Waals surface area contributed by atoms with Crippen LogP contribution in [0.5, 0.6) is 0 Å². The van der Waals surface area contributed by atoms with Crippen molar-refractivity contribution in [3.63, 3.8) is 0 Å². The van der Waals surface area contributed by atoms with Crippen LogP contribution in [-0.4, -0.2) is 28.2 Å². The molecule has 2 rings (SSSR count). The SMILES string of the molecule is CC(C)c1cn(C2CCOCC2)nn1. The maximum Gasteiger partial charge on any atom is 0.0852 e. The van der Waals surface area contributed by atoms with Crippen LogP contribution >= 0.6 is 0 Å². The monoisotopic (exact) mass is 195 g/mol. The standard InChI is InChI=1S/C10H17N3O/c1-8(2)10-7-13(12-11-10)9-3-5-14-6-4-9/h7-9H,3-6H2,1-2H3. The lowest BCUT2D eigenvalue weighted by Crippen LogP contribution is -2.19. The molecular formula is C10H17N3O. The molecule has 1 aliphatic rings. The van der Waals surface area contributed by atoms with Crippen LogP contribution in [0.25, 0.3) is 0 Å². The van der Waals surface area contributed by atoms with E-state index in [2.05, 4.69) is 30.4 Å². The second-order valence-electron chi connectivity index (χ2n) is 4.12. The molecule has 0 atom stereocenters. The van der Waals surface area contributed by atoms with E-state index in [-0.39, 0.29) is 0 Å². The van der Waals surface area contributed by atoms with Gasteiger partial charge >= 0.3 is 0 Å². The van der Waals surface area contributed by atoms with Crippen molar-refractivity contribution in [2.75, 3.05) is 13.2 Å². The number of ether oxygens (including phenoxy) is 1. The van der Waals surface area contributed by atoms with E-state index >= 15 is 0 Å². The molecule has 0 N–H and O–H groups in total. The van der Waals surface area contributed by atoms with Crippen molar-refractivity contribution in [3.05, 3.63) is 11.9 Å². The molecule has 14 heavy (non-hydrogen) atoms. The van der Waals surface area contributed by atoms with Gasteiger partial charge in [0.2, 0.25) is 0 Å². The minimum Gasteiger partial charge on any atom is -0.381 e. The fourth-order valence-corrected chi connectivity index (χ4v) is 1.68. The van der Waals surface area contributed by atoms with E-state index in [0.717, 1.165) is 31.7 Å². The van der Waals surface area contributed by atoms with E-state index in [9.17, 15) is 0 Å². The largest absolute Gasteiger partial charge is 0.381 e. The molecule has 0 spiro atoms.